The van der Waals surface area contributed by atoms with Gasteiger partial charge in [-0.05, 0) is 36.8 Å². The van der Waals surface area contributed by atoms with Crippen molar-refractivity contribution in [3.05, 3.63) is 42.5 Å². The van der Waals surface area contributed by atoms with Gasteiger partial charge in [-0.2, -0.15) is 0 Å². The second kappa shape index (κ2) is 11.4. The van der Waals surface area contributed by atoms with Gasteiger partial charge in [-0.15, -0.1) is 0 Å². The molecule has 0 aliphatic heterocycles. The van der Waals surface area contributed by atoms with E-state index in [1.54, 1.807) is 26.0 Å². The number of hydrogen-bond donors (Lipinski definition) is 1. The standard InChI is InChI=1S/C21H24N2O7/c1-3-23(12-18(24)22-21(27)28-4-2)19(25)13-30-20(26)14-29-17-10-9-15-7-5-6-8-16(15)11-17/h5-11H,3-4,12-14H2,1-2H3,(H,22,24,27). The molecule has 30 heavy (non-hydrogen) atoms. The third-order valence-electron chi connectivity index (χ3n) is 4.02. The summed E-state index contributed by atoms with van der Waals surface area (Å²) in [4.78, 5) is 48.2. The van der Waals surface area contributed by atoms with Crippen LogP contribution in [0.15, 0.2) is 42.5 Å². The van der Waals surface area contributed by atoms with Gasteiger partial charge in [0.25, 0.3) is 5.91 Å². The summed E-state index contributed by atoms with van der Waals surface area (Å²) in [6, 6.07) is 13.1. The fourth-order valence-electron chi connectivity index (χ4n) is 2.54. The Bertz CT molecular complexity index is 913. The summed E-state index contributed by atoms with van der Waals surface area (Å²) in [5, 5.41) is 4.01. The normalized spacial score (nSPS) is 10.2. The van der Waals surface area contributed by atoms with E-state index in [9.17, 15) is 19.2 Å². The fraction of sp³-hybridized carbons (Fsp3) is 0.333. The summed E-state index contributed by atoms with van der Waals surface area (Å²) in [6.45, 7) is 2.30. The number of rotatable bonds is 9. The molecule has 0 saturated carbocycles. The summed E-state index contributed by atoms with van der Waals surface area (Å²) in [6.07, 6.45) is -0.886. The van der Waals surface area contributed by atoms with E-state index >= 15 is 0 Å². The molecular weight excluding hydrogens is 392 g/mol. The van der Waals surface area contributed by atoms with E-state index in [0.717, 1.165) is 15.7 Å². The monoisotopic (exact) mass is 416 g/mol. The lowest BCUT2D eigenvalue weighted by Crippen LogP contribution is -2.44. The quantitative estimate of drug-likeness (QED) is 0.621. The van der Waals surface area contributed by atoms with Gasteiger partial charge in [0.05, 0.1) is 6.61 Å². The Morgan fingerprint density at radius 2 is 1.67 bits per heavy atom. The van der Waals surface area contributed by atoms with E-state index in [1.165, 1.54) is 0 Å². The first kappa shape index (κ1) is 22.7. The average molecular weight is 416 g/mol. The minimum Gasteiger partial charge on any atom is -0.482 e. The first-order valence-corrected chi connectivity index (χ1v) is 9.44. The van der Waals surface area contributed by atoms with Gasteiger partial charge < -0.3 is 19.1 Å². The molecule has 2 rings (SSSR count). The summed E-state index contributed by atoms with van der Waals surface area (Å²) < 4.78 is 14.9. The van der Waals surface area contributed by atoms with E-state index in [2.05, 4.69) is 4.74 Å². The van der Waals surface area contributed by atoms with Crippen molar-refractivity contribution in [1.82, 2.24) is 10.2 Å². The maximum absolute atomic E-state index is 12.2. The van der Waals surface area contributed by atoms with E-state index in [-0.39, 0.29) is 26.3 Å². The number of amides is 3. The van der Waals surface area contributed by atoms with Crippen LogP contribution in [0.4, 0.5) is 4.79 Å². The predicted octanol–water partition coefficient (Wildman–Crippen LogP) is 1.88. The topological polar surface area (TPSA) is 111 Å². The molecule has 0 aliphatic carbocycles. The smallest absolute Gasteiger partial charge is 0.413 e. The molecule has 2 aromatic carbocycles. The van der Waals surface area contributed by atoms with E-state index < -0.39 is 30.5 Å². The van der Waals surface area contributed by atoms with Crippen molar-refractivity contribution in [3.8, 4) is 5.75 Å². The molecule has 9 heteroatoms. The molecule has 0 spiro atoms. The zero-order valence-electron chi connectivity index (χ0n) is 16.9. The maximum Gasteiger partial charge on any atom is 0.413 e. The van der Waals surface area contributed by atoms with Crippen molar-refractivity contribution in [2.45, 2.75) is 13.8 Å². The van der Waals surface area contributed by atoms with Gasteiger partial charge in [-0.3, -0.25) is 14.9 Å². The molecule has 2 aromatic rings. The van der Waals surface area contributed by atoms with Gasteiger partial charge >= 0.3 is 12.1 Å². The Kier molecular flexibility index (Phi) is 8.61. The number of benzene rings is 2. The molecule has 0 fully saturated rings. The van der Waals surface area contributed by atoms with Crippen LogP contribution in [0.25, 0.3) is 10.8 Å². The van der Waals surface area contributed by atoms with Gasteiger partial charge in [0, 0.05) is 6.54 Å². The summed E-state index contributed by atoms with van der Waals surface area (Å²) in [7, 11) is 0. The van der Waals surface area contributed by atoms with Crippen molar-refractivity contribution in [2.24, 2.45) is 0 Å². The van der Waals surface area contributed by atoms with Crippen LogP contribution in [0.1, 0.15) is 13.8 Å². The molecule has 0 saturated heterocycles. The molecular formula is C21H24N2O7. The molecule has 0 heterocycles. The highest BCUT2D eigenvalue weighted by molar-refractivity contribution is 5.95. The summed E-state index contributed by atoms with van der Waals surface area (Å²) in [5.74, 6) is -1.49. The second-order valence-corrected chi connectivity index (χ2v) is 6.13. The third-order valence-corrected chi connectivity index (χ3v) is 4.02. The molecule has 9 nitrogen and oxygen atoms in total. The lowest BCUT2D eigenvalue weighted by atomic mass is 10.1. The molecule has 0 aliphatic rings. The van der Waals surface area contributed by atoms with Crippen LogP contribution < -0.4 is 10.1 Å². The Hall–Kier alpha value is -3.62. The summed E-state index contributed by atoms with van der Waals surface area (Å²) >= 11 is 0. The van der Waals surface area contributed by atoms with E-state index in [0.29, 0.717) is 5.75 Å². The van der Waals surface area contributed by atoms with Crippen molar-refractivity contribution in [1.29, 1.82) is 0 Å². The van der Waals surface area contributed by atoms with Crippen molar-refractivity contribution < 1.29 is 33.4 Å². The van der Waals surface area contributed by atoms with Crippen molar-refractivity contribution in [2.75, 3.05) is 32.9 Å². The van der Waals surface area contributed by atoms with Crippen LogP contribution in [0.2, 0.25) is 0 Å². The number of likely N-dealkylation sites (N-methyl/N-ethyl adjacent to an activating group) is 1. The highest BCUT2D eigenvalue weighted by atomic mass is 16.6. The number of carbonyl (C=O) groups excluding carboxylic acids is 4. The van der Waals surface area contributed by atoms with E-state index in [1.807, 2.05) is 35.6 Å². The van der Waals surface area contributed by atoms with Crippen LogP contribution in [0, 0.1) is 0 Å². The van der Waals surface area contributed by atoms with Gasteiger partial charge in [-0.25, -0.2) is 9.59 Å². The zero-order chi connectivity index (χ0) is 21.9. The van der Waals surface area contributed by atoms with Crippen LogP contribution >= 0.6 is 0 Å². The molecule has 0 unspecified atom stereocenters. The Labute approximate surface area is 173 Å². The fourth-order valence-corrected chi connectivity index (χ4v) is 2.54. The number of fused-ring (bicyclic) bond motifs is 1. The highest BCUT2D eigenvalue weighted by Gasteiger charge is 2.19. The lowest BCUT2D eigenvalue weighted by molar-refractivity contribution is -0.154. The molecule has 0 aromatic heterocycles. The van der Waals surface area contributed by atoms with E-state index in [4.69, 9.17) is 9.47 Å². The Morgan fingerprint density at radius 3 is 2.37 bits per heavy atom. The Morgan fingerprint density at radius 1 is 0.933 bits per heavy atom. The average Bonchev–Trinajstić information content (AvgIpc) is 2.74. The number of alkyl carbamates (subject to hydrolysis) is 1. The van der Waals surface area contributed by atoms with Gasteiger partial charge in [0.15, 0.2) is 13.2 Å². The van der Waals surface area contributed by atoms with Crippen molar-refractivity contribution >= 4 is 34.6 Å². The third kappa shape index (κ3) is 7.08. The first-order valence-electron chi connectivity index (χ1n) is 9.44. The number of ether oxygens (including phenoxy) is 3. The number of carbonyl (C=O) groups is 4. The lowest BCUT2D eigenvalue weighted by Gasteiger charge is -2.19. The minimum atomic E-state index is -0.886. The van der Waals surface area contributed by atoms with Gasteiger partial charge in [0.2, 0.25) is 5.91 Å². The number of nitrogens with zero attached hydrogens (tertiary/aromatic N) is 1. The molecule has 0 radical (unpaired) electrons. The summed E-state index contributed by atoms with van der Waals surface area (Å²) in [5.41, 5.74) is 0. The Balaban J connectivity index is 1.76. The largest absolute Gasteiger partial charge is 0.482 e. The maximum atomic E-state index is 12.2. The highest BCUT2D eigenvalue weighted by Crippen LogP contribution is 2.20. The van der Waals surface area contributed by atoms with Crippen LogP contribution in [-0.4, -0.2) is 61.7 Å². The van der Waals surface area contributed by atoms with Gasteiger partial charge in [0.1, 0.15) is 12.3 Å². The number of nitrogens with one attached hydrogen (secondary N) is 1. The zero-order valence-corrected chi connectivity index (χ0v) is 16.9. The minimum absolute atomic E-state index is 0.118. The molecule has 160 valence electrons. The van der Waals surface area contributed by atoms with Crippen LogP contribution in [-0.2, 0) is 23.9 Å². The predicted molar refractivity (Wildman–Crippen MR) is 108 cm³/mol. The van der Waals surface area contributed by atoms with Gasteiger partial charge in [-0.1, -0.05) is 30.3 Å². The van der Waals surface area contributed by atoms with Crippen LogP contribution in [0.3, 0.4) is 0 Å². The SMILES string of the molecule is CCOC(=O)NC(=O)CN(CC)C(=O)COC(=O)COc1ccc2ccccc2c1. The number of imide groups is 1. The molecule has 0 bridgehead atoms. The molecule has 0 atom stereocenters. The molecule has 3 amide bonds. The first-order chi connectivity index (χ1) is 14.4. The second-order valence-electron chi connectivity index (χ2n) is 6.13. The van der Waals surface area contributed by atoms with Crippen LogP contribution in [0.5, 0.6) is 5.75 Å². The molecule has 1 N–H and O–H groups in total. The number of hydrogen-bond acceptors (Lipinski definition) is 7. The van der Waals surface area contributed by atoms with Crippen molar-refractivity contribution in [3.63, 3.8) is 0 Å². The number of esters is 1.